The number of Topliss-reactive ketones (excluding diaryl/α,β-unsaturated/α-hetero) is 1. The van der Waals surface area contributed by atoms with Gasteiger partial charge >= 0.3 is 11.9 Å². The second-order valence-electron chi connectivity index (χ2n) is 9.98. The molecule has 0 radical (unpaired) electrons. The summed E-state index contributed by atoms with van der Waals surface area (Å²) in [4.78, 5) is 37.0. The van der Waals surface area contributed by atoms with E-state index in [0.717, 1.165) is 24.1 Å². The van der Waals surface area contributed by atoms with Gasteiger partial charge in [0, 0.05) is 30.6 Å². The largest absolute Gasteiger partial charge is 0.494 e. The minimum Gasteiger partial charge on any atom is -0.494 e. The highest BCUT2D eigenvalue weighted by molar-refractivity contribution is 6.01. The number of aliphatic carboxylic acids is 1. The van der Waals surface area contributed by atoms with E-state index in [0.29, 0.717) is 42.1 Å². The fourth-order valence-electron chi connectivity index (χ4n) is 4.48. The van der Waals surface area contributed by atoms with Crippen LogP contribution in [0.5, 0.6) is 11.5 Å². The molecule has 4 rings (SSSR count). The van der Waals surface area contributed by atoms with Crippen LogP contribution in [0, 0.1) is 0 Å². The summed E-state index contributed by atoms with van der Waals surface area (Å²) in [7, 11) is 0. The predicted molar refractivity (Wildman–Crippen MR) is 167 cm³/mol. The van der Waals surface area contributed by atoms with Crippen LogP contribution in [0.1, 0.15) is 52.5 Å². The Morgan fingerprint density at radius 3 is 2.21 bits per heavy atom. The average molecular weight is 581 g/mol. The van der Waals surface area contributed by atoms with Gasteiger partial charge in [-0.3, -0.25) is 4.79 Å². The zero-order chi connectivity index (χ0) is 30.4. The molecule has 1 atom stereocenters. The Hall–Kier alpha value is -5.11. The minimum absolute atomic E-state index is 0.137. The summed E-state index contributed by atoms with van der Waals surface area (Å²) in [5, 5.41) is 16.2. The average Bonchev–Trinajstić information content (AvgIpc) is 3.03. The summed E-state index contributed by atoms with van der Waals surface area (Å²) in [6.45, 7) is 3.13. The SMILES string of the molecule is CCCC(=O)c1ccccc1NCCCOc1ccc(CC(Nc2ccccc2OC(=O)c2ccccc2)C(=O)O)cc1. The molecule has 0 aliphatic heterocycles. The molecule has 8 nitrogen and oxygen atoms in total. The number of hydrogen-bond acceptors (Lipinski definition) is 7. The van der Waals surface area contributed by atoms with Gasteiger partial charge in [0.25, 0.3) is 0 Å². The van der Waals surface area contributed by atoms with E-state index in [2.05, 4.69) is 10.6 Å². The maximum atomic E-state index is 12.6. The zero-order valence-electron chi connectivity index (χ0n) is 24.1. The molecule has 0 aromatic heterocycles. The van der Waals surface area contributed by atoms with Crippen LogP contribution in [-0.2, 0) is 11.2 Å². The van der Waals surface area contributed by atoms with Crippen molar-refractivity contribution in [2.75, 3.05) is 23.8 Å². The molecule has 4 aromatic rings. The lowest BCUT2D eigenvalue weighted by atomic mass is 10.0. The Balaban J connectivity index is 1.28. The van der Waals surface area contributed by atoms with E-state index in [4.69, 9.17) is 9.47 Å². The quantitative estimate of drug-likeness (QED) is 0.0569. The van der Waals surface area contributed by atoms with E-state index < -0.39 is 18.0 Å². The number of benzene rings is 4. The van der Waals surface area contributed by atoms with Crippen LogP contribution < -0.4 is 20.1 Å². The molecule has 8 heteroatoms. The van der Waals surface area contributed by atoms with Gasteiger partial charge in [-0.25, -0.2) is 9.59 Å². The number of nitrogens with one attached hydrogen (secondary N) is 2. The predicted octanol–water partition coefficient (Wildman–Crippen LogP) is 6.88. The van der Waals surface area contributed by atoms with Gasteiger partial charge < -0.3 is 25.2 Å². The van der Waals surface area contributed by atoms with Gasteiger partial charge in [-0.05, 0) is 66.9 Å². The summed E-state index contributed by atoms with van der Waals surface area (Å²) >= 11 is 0. The van der Waals surface area contributed by atoms with Crippen molar-refractivity contribution in [3.05, 3.63) is 120 Å². The third-order valence-corrected chi connectivity index (χ3v) is 6.70. The zero-order valence-corrected chi connectivity index (χ0v) is 24.1. The number of carboxylic acid groups (broad SMARTS) is 1. The Morgan fingerprint density at radius 2 is 1.49 bits per heavy atom. The number of ketones is 1. The van der Waals surface area contributed by atoms with Crippen LogP contribution in [0.4, 0.5) is 11.4 Å². The Kier molecular flexibility index (Phi) is 11.3. The number of ether oxygens (including phenoxy) is 2. The van der Waals surface area contributed by atoms with Gasteiger partial charge in [0.2, 0.25) is 0 Å². The molecule has 0 amide bonds. The van der Waals surface area contributed by atoms with Crippen molar-refractivity contribution in [3.63, 3.8) is 0 Å². The fourth-order valence-corrected chi connectivity index (χ4v) is 4.48. The molecule has 0 bridgehead atoms. The van der Waals surface area contributed by atoms with E-state index in [-0.39, 0.29) is 18.0 Å². The monoisotopic (exact) mass is 580 g/mol. The first-order valence-corrected chi connectivity index (χ1v) is 14.4. The van der Waals surface area contributed by atoms with E-state index >= 15 is 0 Å². The van der Waals surface area contributed by atoms with Gasteiger partial charge in [-0.15, -0.1) is 0 Å². The molecule has 0 aliphatic rings. The highest BCUT2D eigenvalue weighted by Crippen LogP contribution is 2.26. The third-order valence-electron chi connectivity index (χ3n) is 6.70. The number of rotatable bonds is 16. The molecule has 0 saturated carbocycles. The van der Waals surface area contributed by atoms with Crippen LogP contribution in [0.2, 0.25) is 0 Å². The molecule has 4 aromatic carbocycles. The number of esters is 1. The second kappa shape index (κ2) is 15.8. The van der Waals surface area contributed by atoms with Crippen LogP contribution in [0.25, 0.3) is 0 Å². The van der Waals surface area contributed by atoms with Gasteiger partial charge in [-0.1, -0.05) is 61.5 Å². The first-order chi connectivity index (χ1) is 20.9. The maximum Gasteiger partial charge on any atom is 0.343 e. The smallest absolute Gasteiger partial charge is 0.343 e. The fraction of sp³-hybridized carbons (Fsp3) is 0.229. The summed E-state index contributed by atoms with van der Waals surface area (Å²) < 4.78 is 11.4. The first-order valence-electron chi connectivity index (χ1n) is 14.4. The topological polar surface area (TPSA) is 114 Å². The van der Waals surface area contributed by atoms with E-state index in [1.807, 2.05) is 55.5 Å². The number of carboxylic acids is 1. The Bertz CT molecular complexity index is 1500. The molecule has 0 heterocycles. The maximum absolute atomic E-state index is 12.6. The standard InChI is InChI=1S/C35H36N2O6/c1-2-11-32(38)28-14-6-7-15-29(28)36-22-10-23-42-27-20-18-25(19-21-27)24-31(34(39)40)37-30-16-8-9-17-33(30)43-35(41)26-12-4-3-5-13-26/h3-9,12-21,31,36-37H,2,10-11,22-24H2,1H3,(H,39,40). The molecule has 222 valence electrons. The summed E-state index contributed by atoms with van der Waals surface area (Å²) in [6, 6.07) is 29.3. The van der Waals surface area contributed by atoms with Crippen molar-refractivity contribution in [2.45, 2.75) is 38.6 Å². The number of para-hydroxylation sites is 3. The van der Waals surface area contributed by atoms with E-state index in [1.165, 1.54) is 0 Å². The van der Waals surface area contributed by atoms with Crippen molar-refractivity contribution in [1.82, 2.24) is 0 Å². The minimum atomic E-state index is -1.03. The van der Waals surface area contributed by atoms with Crippen molar-refractivity contribution in [2.24, 2.45) is 0 Å². The van der Waals surface area contributed by atoms with Crippen molar-refractivity contribution in [1.29, 1.82) is 0 Å². The molecule has 43 heavy (non-hydrogen) atoms. The van der Waals surface area contributed by atoms with Crippen molar-refractivity contribution in [3.8, 4) is 11.5 Å². The molecular formula is C35H36N2O6. The van der Waals surface area contributed by atoms with Crippen LogP contribution >= 0.6 is 0 Å². The summed E-state index contributed by atoms with van der Waals surface area (Å²) in [5.74, 6) is -0.495. The van der Waals surface area contributed by atoms with Crippen molar-refractivity contribution >= 4 is 29.1 Å². The van der Waals surface area contributed by atoms with Gasteiger partial charge in [-0.2, -0.15) is 0 Å². The molecular weight excluding hydrogens is 544 g/mol. The van der Waals surface area contributed by atoms with Crippen molar-refractivity contribution < 1.29 is 29.0 Å². The molecule has 3 N–H and O–H groups in total. The van der Waals surface area contributed by atoms with Gasteiger partial charge in [0.05, 0.1) is 17.9 Å². The molecule has 0 fully saturated rings. The molecule has 0 spiro atoms. The number of carbonyl (C=O) groups is 3. The van der Waals surface area contributed by atoms with Crippen LogP contribution in [0.15, 0.2) is 103 Å². The molecule has 0 aliphatic carbocycles. The lowest BCUT2D eigenvalue weighted by Gasteiger charge is -2.18. The summed E-state index contributed by atoms with van der Waals surface area (Å²) in [5.41, 5.74) is 3.16. The number of anilines is 2. The highest BCUT2D eigenvalue weighted by Gasteiger charge is 2.21. The Labute approximate surface area is 251 Å². The lowest BCUT2D eigenvalue weighted by molar-refractivity contribution is -0.137. The van der Waals surface area contributed by atoms with Crippen LogP contribution in [-0.4, -0.2) is 42.0 Å². The molecule has 0 saturated heterocycles. The number of carbonyl (C=O) groups excluding carboxylic acids is 2. The summed E-state index contributed by atoms with van der Waals surface area (Å²) in [6.07, 6.45) is 2.28. The van der Waals surface area contributed by atoms with Crippen LogP contribution in [0.3, 0.4) is 0 Å². The number of hydrogen-bond donors (Lipinski definition) is 3. The first kappa shape index (κ1) is 30.8. The lowest BCUT2D eigenvalue weighted by Crippen LogP contribution is -2.31. The Morgan fingerprint density at radius 1 is 0.814 bits per heavy atom. The second-order valence-corrected chi connectivity index (χ2v) is 9.98. The van der Waals surface area contributed by atoms with E-state index in [9.17, 15) is 19.5 Å². The van der Waals surface area contributed by atoms with Gasteiger partial charge in [0.15, 0.2) is 11.5 Å². The third kappa shape index (κ3) is 9.19. The normalized spacial score (nSPS) is 11.3. The van der Waals surface area contributed by atoms with Gasteiger partial charge in [0.1, 0.15) is 11.8 Å². The highest BCUT2D eigenvalue weighted by atomic mass is 16.5. The van der Waals surface area contributed by atoms with E-state index in [1.54, 1.807) is 54.6 Å². The molecule has 1 unspecified atom stereocenters.